The fourth-order valence-corrected chi connectivity index (χ4v) is 2.19. The average molecular weight is 293 g/mol. The zero-order chi connectivity index (χ0) is 14.4. The molecule has 0 aliphatic rings. The Bertz CT molecular complexity index is 587. The molecule has 1 heterocycles. The van der Waals surface area contributed by atoms with Crippen LogP contribution >= 0.6 is 11.8 Å². The van der Waals surface area contributed by atoms with E-state index in [2.05, 4.69) is 20.8 Å². The summed E-state index contributed by atoms with van der Waals surface area (Å²) in [5, 5.41) is 14.5. The van der Waals surface area contributed by atoms with Gasteiger partial charge in [0.1, 0.15) is 5.75 Å². The van der Waals surface area contributed by atoms with Crippen LogP contribution in [0.3, 0.4) is 0 Å². The number of thioether (sulfide) groups is 1. The van der Waals surface area contributed by atoms with E-state index in [1.807, 2.05) is 24.3 Å². The van der Waals surface area contributed by atoms with Crippen LogP contribution in [0, 0.1) is 0 Å². The minimum absolute atomic E-state index is 0.0687. The normalized spacial score (nSPS) is 10.3. The van der Waals surface area contributed by atoms with E-state index in [0.29, 0.717) is 11.7 Å². The molecule has 0 spiro atoms. The van der Waals surface area contributed by atoms with E-state index >= 15 is 0 Å². The summed E-state index contributed by atoms with van der Waals surface area (Å²) >= 11 is 1.29. The number of carbonyl (C=O) groups excluding carboxylic acids is 1. The number of methoxy groups -OCH3 is 1. The SMILES string of the molecule is COc1cccc(CNC(=O)CSc2nnnn2C)c1. The van der Waals surface area contributed by atoms with E-state index in [1.54, 1.807) is 14.2 Å². The van der Waals surface area contributed by atoms with Gasteiger partial charge in [0.05, 0.1) is 12.9 Å². The van der Waals surface area contributed by atoms with Crippen molar-refractivity contribution in [3.05, 3.63) is 29.8 Å². The summed E-state index contributed by atoms with van der Waals surface area (Å²) in [6.07, 6.45) is 0. The van der Waals surface area contributed by atoms with Crippen molar-refractivity contribution in [2.45, 2.75) is 11.7 Å². The summed E-state index contributed by atoms with van der Waals surface area (Å²) in [7, 11) is 3.35. The summed E-state index contributed by atoms with van der Waals surface area (Å²) in [5.74, 6) is 0.982. The predicted octanol–water partition coefficient (Wildman–Crippen LogP) is 0.627. The first-order chi connectivity index (χ1) is 9.69. The number of aryl methyl sites for hydroxylation is 1. The minimum atomic E-state index is -0.0687. The largest absolute Gasteiger partial charge is 0.497 e. The number of ether oxygens (including phenoxy) is 1. The third-order valence-corrected chi connectivity index (χ3v) is 3.55. The predicted molar refractivity (Wildman–Crippen MR) is 74.4 cm³/mol. The molecule has 0 aliphatic heterocycles. The number of carbonyl (C=O) groups is 1. The lowest BCUT2D eigenvalue weighted by atomic mass is 10.2. The molecule has 1 aromatic carbocycles. The standard InChI is InChI=1S/C12H15N5O2S/c1-17-12(14-15-16-17)20-8-11(18)13-7-9-4-3-5-10(6-9)19-2/h3-6H,7-8H2,1-2H3,(H,13,18). The van der Waals surface area contributed by atoms with Crippen molar-refractivity contribution in [3.63, 3.8) is 0 Å². The van der Waals surface area contributed by atoms with Gasteiger partial charge in [-0.25, -0.2) is 4.68 Å². The lowest BCUT2D eigenvalue weighted by Gasteiger charge is -2.06. The number of hydrogen-bond donors (Lipinski definition) is 1. The number of hydrogen-bond acceptors (Lipinski definition) is 6. The summed E-state index contributed by atoms with van der Waals surface area (Å²) < 4.78 is 6.66. The third kappa shape index (κ3) is 3.95. The second-order valence-electron chi connectivity index (χ2n) is 4.00. The van der Waals surface area contributed by atoms with Gasteiger partial charge in [0.25, 0.3) is 0 Å². The van der Waals surface area contributed by atoms with E-state index in [-0.39, 0.29) is 11.7 Å². The number of aromatic nitrogens is 4. The number of benzene rings is 1. The number of tetrazole rings is 1. The highest BCUT2D eigenvalue weighted by Crippen LogP contribution is 2.13. The highest BCUT2D eigenvalue weighted by molar-refractivity contribution is 7.99. The third-order valence-electron chi connectivity index (χ3n) is 2.54. The summed E-state index contributed by atoms with van der Waals surface area (Å²) in [4.78, 5) is 11.7. The Morgan fingerprint density at radius 1 is 1.50 bits per heavy atom. The smallest absolute Gasteiger partial charge is 0.230 e. The van der Waals surface area contributed by atoms with Gasteiger partial charge >= 0.3 is 0 Å². The first-order valence-corrected chi connectivity index (χ1v) is 6.92. The van der Waals surface area contributed by atoms with Crippen LogP contribution in [0.2, 0.25) is 0 Å². The molecule has 0 saturated heterocycles. The second-order valence-corrected chi connectivity index (χ2v) is 4.94. The van der Waals surface area contributed by atoms with E-state index in [9.17, 15) is 4.79 Å². The monoisotopic (exact) mass is 293 g/mol. The first kappa shape index (κ1) is 14.3. The minimum Gasteiger partial charge on any atom is -0.497 e. The Balaban J connectivity index is 1.78. The Hall–Kier alpha value is -2.09. The highest BCUT2D eigenvalue weighted by atomic mass is 32.2. The van der Waals surface area contributed by atoms with Crippen molar-refractivity contribution in [2.24, 2.45) is 7.05 Å². The van der Waals surface area contributed by atoms with E-state index < -0.39 is 0 Å². The molecular weight excluding hydrogens is 278 g/mol. The Morgan fingerprint density at radius 2 is 2.35 bits per heavy atom. The molecule has 20 heavy (non-hydrogen) atoms. The van der Waals surface area contributed by atoms with Crippen molar-refractivity contribution in [1.82, 2.24) is 25.5 Å². The molecule has 0 radical (unpaired) electrons. The number of amides is 1. The Labute approximate surface area is 120 Å². The summed E-state index contributed by atoms with van der Waals surface area (Å²) in [6, 6.07) is 7.57. The molecule has 106 valence electrons. The molecular formula is C12H15N5O2S. The van der Waals surface area contributed by atoms with Gasteiger partial charge in [-0.15, -0.1) is 5.10 Å². The fourth-order valence-electron chi connectivity index (χ4n) is 1.51. The van der Waals surface area contributed by atoms with E-state index in [1.165, 1.54) is 16.4 Å². The van der Waals surface area contributed by atoms with Gasteiger partial charge in [-0.2, -0.15) is 0 Å². The fraction of sp³-hybridized carbons (Fsp3) is 0.333. The van der Waals surface area contributed by atoms with Crippen LogP contribution in [0.25, 0.3) is 0 Å². The molecule has 0 bridgehead atoms. The van der Waals surface area contributed by atoms with Crippen LogP contribution in [0.1, 0.15) is 5.56 Å². The zero-order valence-electron chi connectivity index (χ0n) is 11.2. The maximum absolute atomic E-state index is 11.7. The maximum Gasteiger partial charge on any atom is 0.230 e. The molecule has 1 N–H and O–H groups in total. The van der Waals surface area contributed by atoms with Crippen molar-refractivity contribution in [3.8, 4) is 5.75 Å². The van der Waals surface area contributed by atoms with Crippen LogP contribution in [-0.2, 0) is 18.4 Å². The number of nitrogens with zero attached hydrogens (tertiary/aromatic N) is 4. The van der Waals surface area contributed by atoms with Crippen LogP contribution in [0.4, 0.5) is 0 Å². The molecule has 0 unspecified atom stereocenters. The van der Waals surface area contributed by atoms with Gasteiger partial charge in [0.2, 0.25) is 11.1 Å². The molecule has 0 fully saturated rings. The quantitative estimate of drug-likeness (QED) is 0.787. The number of nitrogens with one attached hydrogen (secondary N) is 1. The molecule has 2 rings (SSSR count). The molecule has 7 nitrogen and oxygen atoms in total. The summed E-state index contributed by atoms with van der Waals surface area (Å²) in [6.45, 7) is 0.466. The lowest BCUT2D eigenvalue weighted by Crippen LogP contribution is -2.24. The van der Waals surface area contributed by atoms with Gasteiger partial charge in [0.15, 0.2) is 0 Å². The molecule has 0 saturated carbocycles. The van der Waals surface area contributed by atoms with Crippen LogP contribution in [0.5, 0.6) is 5.75 Å². The van der Waals surface area contributed by atoms with Gasteiger partial charge in [-0.3, -0.25) is 4.79 Å². The zero-order valence-corrected chi connectivity index (χ0v) is 12.1. The molecule has 2 aromatic rings. The molecule has 1 aromatic heterocycles. The molecule has 0 aliphatic carbocycles. The molecule has 1 amide bonds. The van der Waals surface area contributed by atoms with Crippen LogP contribution in [0.15, 0.2) is 29.4 Å². The van der Waals surface area contributed by atoms with Gasteiger partial charge in [0, 0.05) is 13.6 Å². The van der Waals surface area contributed by atoms with Gasteiger partial charge in [-0.05, 0) is 28.1 Å². The molecule has 0 atom stereocenters. The first-order valence-electron chi connectivity index (χ1n) is 5.94. The van der Waals surface area contributed by atoms with Crippen molar-refractivity contribution >= 4 is 17.7 Å². The average Bonchev–Trinajstić information content (AvgIpc) is 2.88. The van der Waals surface area contributed by atoms with Crippen LogP contribution in [-0.4, -0.2) is 39.0 Å². The Morgan fingerprint density at radius 3 is 3.05 bits per heavy atom. The van der Waals surface area contributed by atoms with Gasteiger partial charge < -0.3 is 10.1 Å². The lowest BCUT2D eigenvalue weighted by molar-refractivity contribution is -0.118. The number of rotatable bonds is 6. The van der Waals surface area contributed by atoms with Crippen LogP contribution < -0.4 is 10.1 Å². The highest BCUT2D eigenvalue weighted by Gasteiger charge is 2.07. The van der Waals surface area contributed by atoms with Gasteiger partial charge in [-0.1, -0.05) is 23.9 Å². The van der Waals surface area contributed by atoms with Crippen molar-refractivity contribution in [1.29, 1.82) is 0 Å². The summed E-state index contributed by atoms with van der Waals surface area (Å²) in [5.41, 5.74) is 0.989. The van der Waals surface area contributed by atoms with E-state index in [0.717, 1.165) is 11.3 Å². The Kier molecular flexibility index (Phi) is 4.94. The van der Waals surface area contributed by atoms with Crippen molar-refractivity contribution in [2.75, 3.05) is 12.9 Å². The second kappa shape index (κ2) is 6.90. The topological polar surface area (TPSA) is 81.9 Å². The molecule has 8 heteroatoms. The van der Waals surface area contributed by atoms with E-state index in [4.69, 9.17) is 4.74 Å². The maximum atomic E-state index is 11.7. The van der Waals surface area contributed by atoms with Crippen molar-refractivity contribution < 1.29 is 9.53 Å².